The van der Waals surface area contributed by atoms with Crippen LogP contribution in [0.2, 0.25) is 0 Å². The molecule has 0 radical (unpaired) electrons. The van der Waals surface area contributed by atoms with Gasteiger partial charge < -0.3 is 14.8 Å². The SMILES string of the molecule is CCCc1nc(C)c2c(=O)[nH]c(-c3cc(SN4CC(CCCO)C4)ccc3OCC)nn12. The molecule has 1 aliphatic rings. The van der Waals surface area contributed by atoms with Gasteiger partial charge in [-0.3, -0.25) is 4.79 Å². The molecule has 0 atom stereocenters. The fourth-order valence-electron chi connectivity index (χ4n) is 4.08. The Morgan fingerprint density at radius 3 is 2.84 bits per heavy atom. The highest BCUT2D eigenvalue weighted by Crippen LogP contribution is 2.37. The molecule has 1 aromatic carbocycles. The van der Waals surface area contributed by atoms with Crippen molar-refractivity contribution < 1.29 is 9.84 Å². The quantitative estimate of drug-likeness (QED) is 0.450. The minimum absolute atomic E-state index is 0.197. The maximum Gasteiger partial charge on any atom is 0.277 e. The standard InChI is InChI=1S/C23H31N5O3S/c1-4-7-20-24-15(3)21-23(30)25-22(26-28(20)21)18-12-17(9-10-19(18)31-5-2)32-27-13-16(14-27)8-6-11-29/h9-10,12,16,29H,4-8,11,13-14H2,1-3H3,(H,25,26,30). The van der Waals surface area contributed by atoms with Crippen molar-refractivity contribution in [3.05, 3.63) is 40.1 Å². The summed E-state index contributed by atoms with van der Waals surface area (Å²) in [5.74, 6) is 2.62. The lowest BCUT2D eigenvalue weighted by atomic mass is 9.98. The molecule has 0 aliphatic carbocycles. The van der Waals surface area contributed by atoms with E-state index < -0.39 is 0 Å². The lowest BCUT2D eigenvalue weighted by Crippen LogP contribution is -2.41. The van der Waals surface area contributed by atoms with Gasteiger partial charge in [0.25, 0.3) is 5.56 Å². The fourth-order valence-corrected chi connectivity index (χ4v) is 5.25. The van der Waals surface area contributed by atoms with E-state index in [4.69, 9.17) is 14.9 Å². The predicted molar refractivity (Wildman–Crippen MR) is 126 cm³/mol. The molecule has 0 spiro atoms. The molecule has 0 amide bonds. The van der Waals surface area contributed by atoms with Gasteiger partial charge in [0, 0.05) is 31.0 Å². The molecule has 32 heavy (non-hydrogen) atoms. The van der Waals surface area contributed by atoms with E-state index in [-0.39, 0.29) is 12.2 Å². The first-order valence-electron chi connectivity index (χ1n) is 11.3. The van der Waals surface area contributed by atoms with Crippen molar-refractivity contribution in [2.45, 2.75) is 51.3 Å². The molecule has 2 aromatic heterocycles. The van der Waals surface area contributed by atoms with Crippen LogP contribution < -0.4 is 10.3 Å². The zero-order chi connectivity index (χ0) is 22.7. The second kappa shape index (κ2) is 10.1. The summed E-state index contributed by atoms with van der Waals surface area (Å²) in [5.41, 5.74) is 1.76. The van der Waals surface area contributed by atoms with Crippen molar-refractivity contribution in [3.63, 3.8) is 0 Å². The molecule has 0 unspecified atom stereocenters. The Morgan fingerprint density at radius 2 is 2.12 bits per heavy atom. The first-order valence-corrected chi connectivity index (χ1v) is 12.1. The Morgan fingerprint density at radius 1 is 1.31 bits per heavy atom. The second-order valence-electron chi connectivity index (χ2n) is 8.19. The van der Waals surface area contributed by atoms with E-state index >= 15 is 0 Å². The number of aliphatic hydroxyl groups is 1. The van der Waals surface area contributed by atoms with Gasteiger partial charge in [-0.05, 0) is 69.2 Å². The molecule has 172 valence electrons. The second-order valence-corrected chi connectivity index (χ2v) is 9.36. The Hall–Kier alpha value is -2.36. The smallest absolute Gasteiger partial charge is 0.277 e. The number of fused-ring (bicyclic) bond motifs is 1. The van der Waals surface area contributed by atoms with Gasteiger partial charge in [0.1, 0.15) is 11.6 Å². The molecular formula is C23H31N5O3S. The number of imidazole rings is 1. The highest BCUT2D eigenvalue weighted by atomic mass is 32.2. The molecule has 1 aliphatic heterocycles. The number of aromatic nitrogens is 4. The third-order valence-electron chi connectivity index (χ3n) is 5.65. The Balaban J connectivity index is 1.66. The third kappa shape index (κ3) is 4.69. The summed E-state index contributed by atoms with van der Waals surface area (Å²) in [5, 5.41) is 13.8. The zero-order valence-corrected chi connectivity index (χ0v) is 19.7. The number of rotatable bonds is 10. The van der Waals surface area contributed by atoms with Gasteiger partial charge in [-0.25, -0.2) is 13.8 Å². The van der Waals surface area contributed by atoms with Gasteiger partial charge in [-0.15, -0.1) is 5.10 Å². The third-order valence-corrected chi connectivity index (χ3v) is 6.67. The monoisotopic (exact) mass is 457 g/mol. The molecule has 3 heterocycles. The Bertz CT molecular complexity index is 1140. The van der Waals surface area contributed by atoms with E-state index in [2.05, 4.69) is 21.2 Å². The van der Waals surface area contributed by atoms with Crippen molar-refractivity contribution in [3.8, 4) is 17.1 Å². The Kier molecular flexibility index (Phi) is 7.17. The minimum Gasteiger partial charge on any atom is -0.493 e. The van der Waals surface area contributed by atoms with E-state index in [1.54, 1.807) is 16.5 Å². The minimum atomic E-state index is -0.197. The number of H-pyrrole nitrogens is 1. The number of benzene rings is 1. The molecular weight excluding hydrogens is 426 g/mol. The van der Waals surface area contributed by atoms with Crippen LogP contribution >= 0.6 is 11.9 Å². The van der Waals surface area contributed by atoms with Gasteiger partial charge in [-0.2, -0.15) is 0 Å². The summed E-state index contributed by atoms with van der Waals surface area (Å²) in [4.78, 5) is 21.5. The summed E-state index contributed by atoms with van der Waals surface area (Å²) >= 11 is 1.70. The maximum absolute atomic E-state index is 12.9. The van der Waals surface area contributed by atoms with Gasteiger partial charge in [-0.1, -0.05) is 6.92 Å². The largest absolute Gasteiger partial charge is 0.493 e. The van der Waals surface area contributed by atoms with Gasteiger partial charge >= 0.3 is 0 Å². The van der Waals surface area contributed by atoms with Crippen LogP contribution in [0, 0.1) is 12.8 Å². The molecule has 2 N–H and O–H groups in total. The zero-order valence-electron chi connectivity index (χ0n) is 18.9. The number of aryl methyl sites for hydroxylation is 2. The number of aromatic amines is 1. The van der Waals surface area contributed by atoms with Gasteiger partial charge in [0.05, 0.1) is 17.9 Å². The van der Waals surface area contributed by atoms with Crippen LogP contribution in [-0.4, -0.2) is 55.3 Å². The molecule has 4 rings (SSSR count). The molecule has 1 fully saturated rings. The van der Waals surface area contributed by atoms with Crippen molar-refractivity contribution in [1.29, 1.82) is 0 Å². The van der Waals surface area contributed by atoms with E-state index in [1.807, 2.05) is 32.0 Å². The van der Waals surface area contributed by atoms with Gasteiger partial charge in [0.15, 0.2) is 11.3 Å². The van der Waals surface area contributed by atoms with Crippen LogP contribution in [0.25, 0.3) is 16.9 Å². The summed E-state index contributed by atoms with van der Waals surface area (Å²) in [6.07, 6.45) is 3.61. The molecule has 8 nitrogen and oxygen atoms in total. The number of ether oxygens (including phenoxy) is 1. The van der Waals surface area contributed by atoms with E-state index in [1.165, 1.54) is 0 Å². The Labute approximate surface area is 192 Å². The number of nitrogens with zero attached hydrogens (tertiary/aromatic N) is 4. The van der Waals surface area contributed by atoms with E-state index in [0.717, 1.165) is 55.1 Å². The number of aliphatic hydroxyl groups excluding tert-OH is 1. The molecule has 3 aromatic rings. The van der Waals surface area contributed by atoms with Crippen LogP contribution in [0.15, 0.2) is 27.9 Å². The normalized spacial score (nSPS) is 14.8. The van der Waals surface area contributed by atoms with Crippen molar-refractivity contribution >= 4 is 17.5 Å². The molecule has 1 saturated heterocycles. The van der Waals surface area contributed by atoms with Crippen molar-refractivity contribution in [2.75, 3.05) is 26.3 Å². The molecule has 9 heteroatoms. The summed E-state index contributed by atoms with van der Waals surface area (Å²) < 4.78 is 9.86. The van der Waals surface area contributed by atoms with Crippen LogP contribution in [0.1, 0.15) is 44.6 Å². The van der Waals surface area contributed by atoms with E-state index in [0.29, 0.717) is 35.3 Å². The maximum atomic E-state index is 12.9. The fraction of sp³-hybridized carbons (Fsp3) is 0.522. The number of hydrogen-bond acceptors (Lipinski definition) is 7. The first-order chi connectivity index (χ1) is 15.5. The molecule has 0 bridgehead atoms. The van der Waals surface area contributed by atoms with E-state index in [9.17, 15) is 4.79 Å². The van der Waals surface area contributed by atoms with Crippen LogP contribution in [0.4, 0.5) is 0 Å². The molecule has 0 saturated carbocycles. The van der Waals surface area contributed by atoms with Crippen LogP contribution in [0.5, 0.6) is 5.75 Å². The summed E-state index contributed by atoms with van der Waals surface area (Å²) in [6.45, 7) is 8.69. The highest BCUT2D eigenvalue weighted by Gasteiger charge is 2.27. The van der Waals surface area contributed by atoms with Gasteiger partial charge in [0.2, 0.25) is 0 Å². The van der Waals surface area contributed by atoms with Crippen molar-refractivity contribution in [2.24, 2.45) is 5.92 Å². The first kappa shape index (κ1) is 22.8. The number of hydrogen-bond donors (Lipinski definition) is 2. The summed E-state index contributed by atoms with van der Waals surface area (Å²) in [6, 6.07) is 6.02. The average molecular weight is 458 g/mol. The lowest BCUT2D eigenvalue weighted by Gasteiger charge is -2.38. The number of nitrogens with one attached hydrogen (secondary N) is 1. The topological polar surface area (TPSA) is 95.8 Å². The highest BCUT2D eigenvalue weighted by molar-refractivity contribution is 7.97. The average Bonchev–Trinajstić information content (AvgIpc) is 3.06. The van der Waals surface area contributed by atoms with Crippen LogP contribution in [0.3, 0.4) is 0 Å². The summed E-state index contributed by atoms with van der Waals surface area (Å²) in [7, 11) is 0. The van der Waals surface area contributed by atoms with Crippen molar-refractivity contribution in [1.82, 2.24) is 23.9 Å². The lowest BCUT2D eigenvalue weighted by molar-refractivity contribution is 0.186. The van der Waals surface area contributed by atoms with Crippen LogP contribution in [-0.2, 0) is 6.42 Å². The predicted octanol–water partition coefficient (Wildman–Crippen LogP) is 3.46.